The van der Waals surface area contributed by atoms with Crippen molar-refractivity contribution in [3.05, 3.63) is 0 Å². The van der Waals surface area contributed by atoms with Crippen LogP contribution in [0.3, 0.4) is 0 Å². The Morgan fingerprint density at radius 2 is 2.00 bits per heavy atom. The van der Waals surface area contributed by atoms with E-state index in [2.05, 4.69) is 0 Å². The molecule has 0 aliphatic rings. The standard InChI is InChI=1S/C11H22O4/c1-4-7-8-14-11(12)15-10(5-2)9-13-6-3/h10H,4-9H2,1-3H3. The number of ether oxygens (including phenoxy) is 3. The molecule has 0 spiro atoms. The number of rotatable bonds is 8. The lowest BCUT2D eigenvalue weighted by atomic mass is 10.3. The first-order valence-corrected chi connectivity index (χ1v) is 5.65. The quantitative estimate of drug-likeness (QED) is 0.464. The van der Waals surface area contributed by atoms with Crippen LogP contribution in [-0.4, -0.2) is 32.1 Å². The zero-order valence-electron chi connectivity index (χ0n) is 9.95. The third kappa shape index (κ3) is 8.24. The number of hydrogen-bond donors (Lipinski definition) is 0. The maximum Gasteiger partial charge on any atom is 0.508 e. The van der Waals surface area contributed by atoms with Crippen LogP contribution in [0.5, 0.6) is 0 Å². The van der Waals surface area contributed by atoms with Crippen molar-refractivity contribution in [3.8, 4) is 0 Å². The molecule has 0 bridgehead atoms. The van der Waals surface area contributed by atoms with Gasteiger partial charge in [-0.1, -0.05) is 20.3 Å². The molecular weight excluding hydrogens is 196 g/mol. The predicted molar refractivity (Wildman–Crippen MR) is 57.9 cm³/mol. The zero-order valence-corrected chi connectivity index (χ0v) is 9.95. The summed E-state index contributed by atoms with van der Waals surface area (Å²) in [4.78, 5) is 11.2. The van der Waals surface area contributed by atoms with Gasteiger partial charge < -0.3 is 14.2 Å². The van der Waals surface area contributed by atoms with Gasteiger partial charge in [0.25, 0.3) is 0 Å². The maximum atomic E-state index is 11.2. The number of carbonyl (C=O) groups is 1. The first-order chi connectivity index (χ1) is 7.24. The SMILES string of the molecule is CCCCOC(=O)OC(CC)COCC. The highest BCUT2D eigenvalue weighted by Crippen LogP contribution is 2.02. The van der Waals surface area contributed by atoms with Crippen LogP contribution >= 0.6 is 0 Å². The van der Waals surface area contributed by atoms with Gasteiger partial charge >= 0.3 is 6.16 Å². The van der Waals surface area contributed by atoms with Crippen LogP contribution in [-0.2, 0) is 14.2 Å². The molecule has 15 heavy (non-hydrogen) atoms. The lowest BCUT2D eigenvalue weighted by Crippen LogP contribution is -2.23. The van der Waals surface area contributed by atoms with Crippen LogP contribution in [0.1, 0.15) is 40.0 Å². The van der Waals surface area contributed by atoms with Crippen molar-refractivity contribution < 1.29 is 19.0 Å². The van der Waals surface area contributed by atoms with Gasteiger partial charge in [-0.25, -0.2) is 4.79 Å². The highest BCUT2D eigenvalue weighted by atomic mass is 16.7. The Hall–Kier alpha value is -0.770. The van der Waals surface area contributed by atoms with E-state index < -0.39 is 6.16 Å². The molecule has 0 heterocycles. The molecule has 1 atom stereocenters. The number of hydrogen-bond acceptors (Lipinski definition) is 4. The van der Waals surface area contributed by atoms with E-state index in [-0.39, 0.29) is 6.10 Å². The summed E-state index contributed by atoms with van der Waals surface area (Å²) in [6.07, 6.45) is 1.83. The van der Waals surface area contributed by atoms with E-state index in [0.717, 1.165) is 19.3 Å². The molecule has 0 aliphatic carbocycles. The summed E-state index contributed by atoms with van der Waals surface area (Å²) in [7, 11) is 0. The lowest BCUT2D eigenvalue weighted by Gasteiger charge is -2.15. The van der Waals surface area contributed by atoms with E-state index in [0.29, 0.717) is 19.8 Å². The van der Waals surface area contributed by atoms with Crippen LogP contribution in [0.2, 0.25) is 0 Å². The second kappa shape index (κ2) is 9.77. The minimum atomic E-state index is -0.588. The third-order valence-corrected chi connectivity index (χ3v) is 1.94. The predicted octanol–water partition coefficient (Wildman–Crippen LogP) is 2.75. The smallest absolute Gasteiger partial charge is 0.434 e. The molecule has 0 aliphatic heterocycles. The molecule has 0 aromatic heterocycles. The summed E-state index contributed by atoms with van der Waals surface area (Å²) in [6.45, 7) is 7.40. The van der Waals surface area contributed by atoms with Crippen LogP contribution in [0.25, 0.3) is 0 Å². The van der Waals surface area contributed by atoms with Crippen LogP contribution < -0.4 is 0 Å². The molecule has 90 valence electrons. The monoisotopic (exact) mass is 218 g/mol. The summed E-state index contributed by atoms with van der Waals surface area (Å²) in [5.74, 6) is 0. The Morgan fingerprint density at radius 3 is 2.53 bits per heavy atom. The van der Waals surface area contributed by atoms with Crippen molar-refractivity contribution in [1.29, 1.82) is 0 Å². The Kier molecular flexibility index (Phi) is 9.27. The highest BCUT2D eigenvalue weighted by molar-refractivity contribution is 5.60. The van der Waals surface area contributed by atoms with E-state index >= 15 is 0 Å². The minimum Gasteiger partial charge on any atom is -0.434 e. The zero-order chi connectivity index (χ0) is 11.5. The van der Waals surface area contributed by atoms with Gasteiger partial charge in [0, 0.05) is 6.61 Å². The first kappa shape index (κ1) is 14.2. The minimum absolute atomic E-state index is 0.195. The fourth-order valence-corrected chi connectivity index (χ4v) is 0.954. The molecule has 1 unspecified atom stereocenters. The summed E-state index contributed by atoms with van der Waals surface area (Å²) < 4.78 is 15.1. The van der Waals surface area contributed by atoms with Crippen molar-refractivity contribution in [3.63, 3.8) is 0 Å². The van der Waals surface area contributed by atoms with Gasteiger partial charge in [-0.3, -0.25) is 0 Å². The molecule has 0 rings (SSSR count). The molecule has 0 aromatic carbocycles. The second-order valence-electron chi connectivity index (χ2n) is 3.26. The molecule has 0 radical (unpaired) electrons. The van der Waals surface area contributed by atoms with E-state index in [1.54, 1.807) is 0 Å². The Balaban J connectivity index is 3.60. The summed E-state index contributed by atoms with van der Waals surface area (Å²) in [5, 5.41) is 0. The third-order valence-electron chi connectivity index (χ3n) is 1.94. The van der Waals surface area contributed by atoms with Gasteiger partial charge in [-0.15, -0.1) is 0 Å². The second-order valence-corrected chi connectivity index (χ2v) is 3.26. The van der Waals surface area contributed by atoms with Gasteiger partial charge in [0.15, 0.2) is 0 Å². The fourth-order valence-electron chi connectivity index (χ4n) is 0.954. The van der Waals surface area contributed by atoms with Gasteiger partial charge in [-0.05, 0) is 19.8 Å². The molecule has 0 amide bonds. The van der Waals surface area contributed by atoms with Crippen LogP contribution in [0, 0.1) is 0 Å². The van der Waals surface area contributed by atoms with E-state index in [1.807, 2.05) is 20.8 Å². The van der Waals surface area contributed by atoms with E-state index in [4.69, 9.17) is 14.2 Å². The van der Waals surface area contributed by atoms with Crippen LogP contribution in [0.15, 0.2) is 0 Å². The Labute approximate surface area is 91.9 Å². The van der Waals surface area contributed by atoms with Crippen molar-refractivity contribution >= 4 is 6.16 Å². The van der Waals surface area contributed by atoms with Crippen molar-refractivity contribution in [1.82, 2.24) is 0 Å². The number of carbonyl (C=O) groups excluding carboxylic acids is 1. The Bertz CT molecular complexity index is 159. The largest absolute Gasteiger partial charge is 0.508 e. The normalized spacial score (nSPS) is 12.2. The van der Waals surface area contributed by atoms with Crippen LogP contribution in [0.4, 0.5) is 4.79 Å². The average Bonchev–Trinajstić information content (AvgIpc) is 2.24. The summed E-state index contributed by atoms with van der Waals surface area (Å²) in [6, 6.07) is 0. The molecule has 0 N–H and O–H groups in total. The van der Waals surface area contributed by atoms with Crippen molar-refractivity contribution in [2.75, 3.05) is 19.8 Å². The maximum absolute atomic E-state index is 11.2. The molecule has 4 heteroatoms. The average molecular weight is 218 g/mol. The lowest BCUT2D eigenvalue weighted by molar-refractivity contribution is -0.0155. The number of unbranched alkanes of at least 4 members (excludes halogenated alkanes) is 1. The van der Waals surface area contributed by atoms with Crippen molar-refractivity contribution in [2.24, 2.45) is 0 Å². The molecule has 0 aromatic rings. The summed E-state index contributed by atoms with van der Waals surface area (Å²) in [5.41, 5.74) is 0. The highest BCUT2D eigenvalue weighted by Gasteiger charge is 2.13. The van der Waals surface area contributed by atoms with Gasteiger partial charge in [0.1, 0.15) is 6.10 Å². The first-order valence-electron chi connectivity index (χ1n) is 5.65. The molecule has 0 fully saturated rings. The molecule has 0 saturated heterocycles. The topological polar surface area (TPSA) is 44.8 Å². The van der Waals surface area contributed by atoms with Gasteiger partial charge in [-0.2, -0.15) is 0 Å². The Morgan fingerprint density at radius 1 is 1.27 bits per heavy atom. The molecule has 4 nitrogen and oxygen atoms in total. The molecule has 0 saturated carbocycles. The van der Waals surface area contributed by atoms with Gasteiger partial charge in [0.05, 0.1) is 13.2 Å². The summed E-state index contributed by atoms with van der Waals surface area (Å²) >= 11 is 0. The van der Waals surface area contributed by atoms with Crippen molar-refractivity contribution in [2.45, 2.75) is 46.1 Å². The van der Waals surface area contributed by atoms with E-state index in [1.165, 1.54) is 0 Å². The van der Waals surface area contributed by atoms with Gasteiger partial charge in [0.2, 0.25) is 0 Å². The van der Waals surface area contributed by atoms with E-state index in [9.17, 15) is 4.79 Å². The molecular formula is C11H22O4. The fraction of sp³-hybridized carbons (Fsp3) is 0.909.